The van der Waals surface area contributed by atoms with Gasteiger partial charge in [-0.1, -0.05) is 36.4 Å². The minimum absolute atomic E-state index is 0.00508. The number of amides is 1. The highest BCUT2D eigenvalue weighted by Crippen LogP contribution is 2.26. The Morgan fingerprint density at radius 1 is 1.26 bits per heavy atom. The minimum atomic E-state index is -0.00508. The first-order valence-corrected chi connectivity index (χ1v) is 9.95. The van der Waals surface area contributed by atoms with Gasteiger partial charge in [-0.2, -0.15) is 0 Å². The summed E-state index contributed by atoms with van der Waals surface area (Å²) in [7, 11) is 0. The molecule has 0 aliphatic carbocycles. The molecule has 0 radical (unpaired) electrons. The molecule has 1 amide bonds. The van der Waals surface area contributed by atoms with Gasteiger partial charge in [0.2, 0.25) is 5.91 Å². The number of fused-ring (bicyclic) bond motifs is 2. The fraction of sp³-hybridized carbons (Fsp3) is 0.364. The highest BCUT2D eigenvalue weighted by atomic mass is 35.5. The minimum Gasteiger partial charge on any atom is -0.333 e. The summed E-state index contributed by atoms with van der Waals surface area (Å²) in [6, 6.07) is 12.8. The van der Waals surface area contributed by atoms with Gasteiger partial charge >= 0.3 is 0 Å². The van der Waals surface area contributed by atoms with Gasteiger partial charge < -0.3 is 9.47 Å². The molecule has 0 saturated heterocycles. The van der Waals surface area contributed by atoms with E-state index in [1.165, 1.54) is 21.9 Å². The highest BCUT2D eigenvalue weighted by molar-refractivity contribution is 6.27. The SMILES string of the molecule is Cc1cn2c(n1)CCC(N(Cc1ccc3ccccc3c1C)C(=O)CCl)C2. The molecule has 0 spiro atoms. The van der Waals surface area contributed by atoms with E-state index in [4.69, 9.17) is 11.6 Å². The summed E-state index contributed by atoms with van der Waals surface area (Å²) in [6.45, 7) is 5.53. The van der Waals surface area contributed by atoms with Crippen LogP contribution >= 0.6 is 11.6 Å². The topological polar surface area (TPSA) is 38.1 Å². The van der Waals surface area contributed by atoms with Crippen molar-refractivity contribution in [2.24, 2.45) is 0 Å². The van der Waals surface area contributed by atoms with Crippen LogP contribution in [0.2, 0.25) is 0 Å². The molecular formula is C22H24ClN3O. The first kappa shape index (κ1) is 18.1. The lowest BCUT2D eigenvalue weighted by molar-refractivity contribution is -0.132. The van der Waals surface area contributed by atoms with Crippen LogP contribution in [0.4, 0.5) is 0 Å². The lowest BCUT2D eigenvalue weighted by atomic mass is 9.98. The molecular weight excluding hydrogens is 358 g/mol. The monoisotopic (exact) mass is 381 g/mol. The zero-order chi connectivity index (χ0) is 19.0. The van der Waals surface area contributed by atoms with Gasteiger partial charge in [-0.15, -0.1) is 11.6 Å². The van der Waals surface area contributed by atoms with Gasteiger partial charge in [0.1, 0.15) is 11.7 Å². The lowest BCUT2D eigenvalue weighted by Gasteiger charge is -2.35. The third-order valence-electron chi connectivity index (χ3n) is 5.61. The van der Waals surface area contributed by atoms with Crippen molar-refractivity contribution in [3.8, 4) is 0 Å². The second kappa shape index (κ2) is 7.35. The van der Waals surface area contributed by atoms with Gasteiger partial charge in [0.15, 0.2) is 0 Å². The van der Waals surface area contributed by atoms with Gasteiger partial charge in [0.05, 0.1) is 11.7 Å². The highest BCUT2D eigenvalue weighted by Gasteiger charge is 2.28. The molecule has 4 nitrogen and oxygen atoms in total. The van der Waals surface area contributed by atoms with Crippen LogP contribution in [0.15, 0.2) is 42.6 Å². The maximum atomic E-state index is 12.7. The Bertz CT molecular complexity index is 994. The molecule has 2 aromatic carbocycles. The summed E-state index contributed by atoms with van der Waals surface area (Å²) in [5.74, 6) is 1.12. The van der Waals surface area contributed by atoms with E-state index >= 15 is 0 Å². The smallest absolute Gasteiger partial charge is 0.238 e. The van der Waals surface area contributed by atoms with E-state index in [0.717, 1.165) is 30.9 Å². The van der Waals surface area contributed by atoms with E-state index in [1.807, 2.05) is 11.8 Å². The molecule has 1 aromatic heterocycles. The van der Waals surface area contributed by atoms with Crippen LogP contribution in [-0.2, 0) is 24.3 Å². The molecule has 0 saturated carbocycles. The van der Waals surface area contributed by atoms with Crippen LogP contribution in [0.1, 0.15) is 29.1 Å². The average Bonchev–Trinajstić information content (AvgIpc) is 3.06. The Balaban J connectivity index is 1.64. The van der Waals surface area contributed by atoms with Crippen molar-refractivity contribution in [2.45, 2.75) is 45.8 Å². The Morgan fingerprint density at radius 2 is 2.07 bits per heavy atom. The molecule has 2 heterocycles. The van der Waals surface area contributed by atoms with Crippen molar-refractivity contribution in [1.82, 2.24) is 14.5 Å². The van der Waals surface area contributed by atoms with Crippen molar-refractivity contribution in [3.05, 3.63) is 65.2 Å². The number of alkyl halides is 1. The second-order valence-corrected chi connectivity index (χ2v) is 7.64. The normalized spacial score (nSPS) is 16.3. The molecule has 4 rings (SSSR count). The molecule has 1 unspecified atom stereocenters. The van der Waals surface area contributed by atoms with Crippen LogP contribution in [0, 0.1) is 13.8 Å². The Kier molecular flexibility index (Phi) is 4.92. The number of carbonyl (C=O) groups is 1. The maximum absolute atomic E-state index is 12.7. The van der Waals surface area contributed by atoms with Crippen molar-refractivity contribution in [3.63, 3.8) is 0 Å². The summed E-state index contributed by atoms with van der Waals surface area (Å²) >= 11 is 5.96. The fourth-order valence-electron chi connectivity index (χ4n) is 4.15. The number of hydrogen-bond acceptors (Lipinski definition) is 2. The second-order valence-electron chi connectivity index (χ2n) is 7.37. The third-order valence-corrected chi connectivity index (χ3v) is 5.84. The number of nitrogens with zero attached hydrogens (tertiary/aromatic N) is 3. The third kappa shape index (κ3) is 3.46. The number of benzene rings is 2. The molecule has 140 valence electrons. The van der Waals surface area contributed by atoms with Crippen LogP contribution in [-0.4, -0.2) is 32.3 Å². The predicted molar refractivity (Wildman–Crippen MR) is 109 cm³/mol. The summed E-state index contributed by atoms with van der Waals surface area (Å²) in [5.41, 5.74) is 3.45. The number of aromatic nitrogens is 2. The average molecular weight is 382 g/mol. The first-order chi connectivity index (χ1) is 13.1. The molecule has 5 heteroatoms. The summed E-state index contributed by atoms with van der Waals surface area (Å²) in [4.78, 5) is 19.2. The van der Waals surface area contributed by atoms with Crippen molar-refractivity contribution in [1.29, 1.82) is 0 Å². The number of halogens is 1. The predicted octanol–water partition coefficient (Wildman–Crippen LogP) is 4.24. The van der Waals surface area contributed by atoms with E-state index in [9.17, 15) is 4.79 Å². The van der Waals surface area contributed by atoms with Crippen molar-refractivity contribution in [2.75, 3.05) is 5.88 Å². The Morgan fingerprint density at radius 3 is 2.89 bits per heavy atom. The maximum Gasteiger partial charge on any atom is 0.238 e. The molecule has 27 heavy (non-hydrogen) atoms. The van der Waals surface area contributed by atoms with E-state index in [1.54, 1.807) is 0 Å². The first-order valence-electron chi connectivity index (χ1n) is 9.42. The zero-order valence-electron chi connectivity index (χ0n) is 15.8. The number of rotatable bonds is 4. The van der Waals surface area contributed by atoms with Gasteiger partial charge in [-0.05, 0) is 42.2 Å². The van der Waals surface area contributed by atoms with Crippen molar-refractivity contribution >= 4 is 28.3 Å². The molecule has 1 aliphatic heterocycles. The molecule has 0 N–H and O–H groups in total. The van der Waals surface area contributed by atoms with Gasteiger partial charge in [-0.3, -0.25) is 4.79 Å². The molecule has 1 aliphatic rings. The van der Waals surface area contributed by atoms with Gasteiger partial charge in [-0.25, -0.2) is 4.98 Å². The number of aryl methyl sites for hydroxylation is 3. The quantitative estimate of drug-likeness (QED) is 0.634. The van der Waals surface area contributed by atoms with Crippen LogP contribution in [0.25, 0.3) is 10.8 Å². The van der Waals surface area contributed by atoms with Crippen LogP contribution in [0.3, 0.4) is 0 Å². The Hall–Kier alpha value is -2.33. The van der Waals surface area contributed by atoms with E-state index in [-0.39, 0.29) is 17.8 Å². The van der Waals surface area contributed by atoms with E-state index in [2.05, 4.69) is 59.1 Å². The fourth-order valence-corrected chi connectivity index (χ4v) is 4.30. The Labute approximate surface area is 164 Å². The molecule has 0 fully saturated rings. The zero-order valence-corrected chi connectivity index (χ0v) is 16.5. The van der Waals surface area contributed by atoms with E-state index < -0.39 is 0 Å². The largest absolute Gasteiger partial charge is 0.333 e. The number of hydrogen-bond donors (Lipinski definition) is 0. The molecule has 0 bridgehead atoms. The lowest BCUT2D eigenvalue weighted by Crippen LogP contribution is -2.45. The van der Waals surface area contributed by atoms with Gasteiger partial charge in [0, 0.05) is 25.7 Å². The standard InChI is InChI=1S/C22H24ClN3O/c1-15-12-25-14-19(9-10-21(25)24-15)26(22(27)11-23)13-18-8-7-17-5-3-4-6-20(17)16(18)2/h3-8,12,19H,9-11,13-14H2,1-2H3. The van der Waals surface area contributed by atoms with Gasteiger partial charge in [0.25, 0.3) is 0 Å². The summed E-state index contributed by atoms with van der Waals surface area (Å²) in [5, 5.41) is 2.47. The molecule has 1 atom stereocenters. The van der Waals surface area contributed by atoms with Crippen LogP contribution < -0.4 is 0 Å². The number of imidazole rings is 1. The summed E-state index contributed by atoms with van der Waals surface area (Å²) in [6.07, 6.45) is 3.89. The van der Waals surface area contributed by atoms with E-state index in [0.29, 0.717) is 6.54 Å². The van der Waals surface area contributed by atoms with Crippen LogP contribution in [0.5, 0.6) is 0 Å². The van der Waals surface area contributed by atoms with Crippen molar-refractivity contribution < 1.29 is 4.79 Å². The summed E-state index contributed by atoms with van der Waals surface area (Å²) < 4.78 is 2.19. The number of carbonyl (C=O) groups excluding carboxylic acids is 1. The molecule has 3 aromatic rings.